The maximum atomic E-state index is 12.8. The molecule has 2 aromatic carbocycles. The maximum Gasteiger partial charge on any atom is 0.335 e. The molecule has 0 fully saturated rings. The predicted molar refractivity (Wildman–Crippen MR) is 130 cm³/mol. The second-order valence-corrected chi connectivity index (χ2v) is 9.14. The lowest BCUT2D eigenvalue weighted by molar-refractivity contribution is -0.113. The Labute approximate surface area is 205 Å². The summed E-state index contributed by atoms with van der Waals surface area (Å²) in [7, 11) is 1.78. The van der Waals surface area contributed by atoms with Crippen molar-refractivity contribution in [2.75, 3.05) is 11.1 Å². The average molecular weight is 502 g/mol. The van der Waals surface area contributed by atoms with Gasteiger partial charge in [0, 0.05) is 12.7 Å². The zero-order chi connectivity index (χ0) is 24.8. The highest BCUT2D eigenvalue weighted by atomic mass is 35.5. The second-order valence-electron chi connectivity index (χ2n) is 7.79. The molecule has 0 bridgehead atoms. The molecule has 1 heterocycles. The van der Waals surface area contributed by atoms with Crippen LogP contribution < -0.4 is 10.6 Å². The molecule has 3 rings (SSSR count). The molecule has 0 aliphatic heterocycles. The van der Waals surface area contributed by atoms with Crippen molar-refractivity contribution in [2.24, 2.45) is 13.0 Å². The smallest absolute Gasteiger partial charge is 0.335 e. The highest BCUT2D eigenvalue weighted by molar-refractivity contribution is 7.99. The lowest BCUT2D eigenvalue weighted by Crippen LogP contribution is -2.33. The van der Waals surface area contributed by atoms with E-state index in [9.17, 15) is 14.4 Å². The Kier molecular flexibility index (Phi) is 8.30. The quantitative estimate of drug-likeness (QED) is 0.378. The third kappa shape index (κ3) is 6.15. The van der Waals surface area contributed by atoms with Gasteiger partial charge in [0.1, 0.15) is 0 Å². The summed E-state index contributed by atoms with van der Waals surface area (Å²) in [6.07, 6.45) is 0. The van der Waals surface area contributed by atoms with Crippen LogP contribution in [0.1, 0.15) is 46.4 Å². The van der Waals surface area contributed by atoms with Crippen LogP contribution in [0.15, 0.2) is 53.7 Å². The fourth-order valence-corrected chi connectivity index (χ4v) is 4.08. The summed E-state index contributed by atoms with van der Waals surface area (Å²) in [5.41, 5.74) is 1.01. The van der Waals surface area contributed by atoms with E-state index in [2.05, 4.69) is 20.8 Å². The van der Waals surface area contributed by atoms with Gasteiger partial charge in [0.15, 0.2) is 11.0 Å². The highest BCUT2D eigenvalue weighted by Gasteiger charge is 2.26. The lowest BCUT2D eigenvalue weighted by atomic mass is 10.0. The first-order chi connectivity index (χ1) is 16.2. The van der Waals surface area contributed by atoms with E-state index in [-0.39, 0.29) is 29.0 Å². The lowest BCUT2D eigenvalue weighted by Gasteiger charge is -2.22. The van der Waals surface area contributed by atoms with E-state index in [0.29, 0.717) is 27.3 Å². The second kappa shape index (κ2) is 11.2. The number of rotatable bonds is 9. The third-order valence-electron chi connectivity index (χ3n) is 4.97. The monoisotopic (exact) mass is 501 g/mol. The fourth-order valence-electron chi connectivity index (χ4n) is 3.14. The van der Waals surface area contributed by atoms with Gasteiger partial charge in [0.05, 0.1) is 27.9 Å². The Morgan fingerprint density at radius 1 is 1.09 bits per heavy atom. The third-order valence-corrected chi connectivity index (χ3v) is 6.32. The van der Waals surface area contributed by atoms with E-state index >= 15 is 0 Å². The number of amides is 2. The fraction of sp³-hybridized carbons (Fsp3) is 0.261. The van der Waals surface area contributed by atoms with E-state index in [1.807, 2.05) is 13.8 Å². The molecule has 0 aliphatic rings. The molecule has 1 atom stereocenters. The number of hydrogen-bond acceptors (Lipinski definition) is 6. The molecule has 2 amide bonds. The Morgan fingerprint density at radius 2 is 1.76 bits per heavy atom. The van der Waals surface area contributed by atoms with Crippen molar-refractivity contribution in [3.63, 3.8) is 0 Å². The molecule has 0 saturated heterocycles. The Morgan fingerprint density at radius 3 is 2.38 bits per heavy atom. The number of anilines is 1. The van der Waals surface area contributed by atoms with Gasteiger partial charge >= 0.3 is 5.97 Å². The first-order valence-electron chi connectivity index (χ1n) is 10.4. The molecular formula is C23H24ClN5O4S. The summed E-state index contributed by atoms with van der Waals surface area (Å²) in [6, 6.07) is 12.3. The van der Waals surface area contributed by atoms with Crippen LogP contribution in [0.4, 0.5) is 5.69 Å². The normalized spacial score (nSPS) is 11.8. The van der Waals surface area contributed by atoms with Gasteiger partial charge in [-0.2, -0.15) is 0 Å². The summed E-state index contributed by atoms with van der Waals surface area (Å²) in [5, 5.41) is 24.0. The number of benzene rings is 2. The predicted octanol–water partition coefficient (Wildman–Crippen LogP) is 4.02. The van der Waals surface area contributed by atoms with Crippen molar-refractivity contribution in [1.29, 1.82) is 0 Å². The number of carboxylic acid groups (broad SMARTS) is 1. The van der Waals surface area contributed by atoms with Crippen LogP contribution in [-0.4, -0.2) is 43.4 Å². The minimum absolute atomic E-state index is 0.0178. The van der Waals surface area contributed by atoms with Crippen LogP contribution >= 0.6 is 23.4 Å². The topological polar surface area (TPSA) is 126 Å². The number of aromatic nitrogens is 3. The summed E-state index contributed by atoms with van der Waals surface area (Å²) in [4.78, 5) is 36.0. The average Bonchev–Trinajstić information content (AvgIpc) is 3.16. The molecule has 0 unspecified atom stereocenters. The van der Waals surface area contributed by atoms with Crippen LogP contribution in [0.2, 0.25) is 5.02 Å². The summed E-state index contributed by atoms with van der Waals surface area (Å²) >= 11 is 7.35. The molecule has 11 heteroatoms. The number of nitrogens with one attached hydrogen (secondary N) is 2. The van der Waals surface area contributed by atoms with E-state index in [4.69, 9.17) is 16.7 Å². The first-order valence-corrected chi connectivity index (χ1v) is 11.7. The summed E-state index contributed by atoms with van der Waals surface area (Å²) < 4.78 is 1.75. The number of thioether (sulfide) groups is 1. The molecule has 9 nitrogen and oxygen atoms in total. The summed E-state index contributed by atoms with van der Waals surface area (Å²) in [6.45, 7) is 3.92. The molecule has 1 aromatic heterocycles. The van der Waals surface area contributed by atoms with Crippen molar-refractivity contribution >= 4 is 46.8 Å². The molecule has 34 heavy (non-hydrogen) atoms. The summed E-state index contributed by atoms with van der Waals surface area (Å²) in [5.74, 6) is -0.966. The minimum Gasteiger partial charge on any atom is -0.478 e. The standard InChI is InChI=1S/C23H24ClN5O4S/c1-13(2)19(26-21(31)16-6-4-5-7-17(16)24)20-27-28-23(29(20)3)34-12-18(30)25-15-10-8-14(9-11-15)22(32)33/h4-11,13,19H,12H2,1-3H3,(H,25,30)(H,26,31)(H,32,33)/t19-/m0/s1. The van der Waals surface area contributed by atoms with Gasteiger partial charge in [0.25, 0.3) is 5.91 Å². The Bertz CT molecular complexity index is 1200. The van der Waals surface area contributed by atoms with Gasteiger partial charge in [-0.15, -0.1) is 10.2 Å². The number of halogens is 1. The van der Waals surface area contributed by atoms with Gasteiger partial charge in [-0.3, -0.25) is 9.59 Å². The zero-order valence-electron chi connectivity index (χ0n) is 18.8. The van der Waals surface area contributed by atoms with Gasteiger partial charge in [0.2, 0.25) is 5.91 Å². The number of carboxylic acids is 1. The van der Waals surface area contributed by atoms with Crippen LogP contribution in [0, 0.1) is 5.92 Å². The Balaban J connectivity index is 1.65. The zero-order valence-corrected chi connectivity index (χ0v) is 20.4. The van der Waals surface area contributed by atoms with Crippen molar-refractivity contribution in [3.8, 4) is 0 Å². The van der Waals surface area contributed by atoms with Gasteiger partial charge < -0.3 is 20.3 Å². The molecule has 0 spiro atoms. The number of aromatic carboxylic acids is 1. The maximum absolute atomic E-state index is 12.8. The van der Waals surface area contributed by atoms with Crippen LogP contribution in [0.25, 0.3) is 0 Å². The van der Waals surface area contributed by atoms with E-state index in [1.165, 1.54) is 36.0 Å². The molecule has 0 saturated carbocycles. The molecule has 178 valence electrons. The molecule has 3 N–H and O–H groups in total. The van der Waals surface area contributed by atoms with Crippen molar-refractivity contribution in [2.45, 2.75) is 25.0 Å². The van der Waals surface area contributed by atoms with E-state index in [1.54, 1.807) is 35.9 Å². The SMILES string of the molecule is CC(C)[C@H](NC(=O)c1ccccc1Cl)c1nnc(SCC(=O)Nc2ccc(C(=O)O)cc2)n1C. The molecule has 3 aromatic rings. The van der Waals surface area contributed by atoms with E-state index < -0.39 is 12.0 Å². The van der Waals surface area contributed by atoms with Crippen molar-refractivity contribution in [1.82, 2.24) is 20.1 Å². The minimum atomic E-state index is -1.03. The van der Waals surface area contributed by atoms with Gasteiger partial charge in [-0.05, 0) is 42.3 Å². The first kappa shape index (κ1) is 25.3. The van der Waals surface area contributed by atoms with Gasteiger partial charge in [-0.1, -0.05) is 49.3 Å². The van der Waals surface area contributed by atoms with Crippen molar-refractivity contribution in [3.05, 3.63) is 70.5 Å². The van der Waals surface area contributed by atoms with Crippen molar-refractivity contribution < 1.29 is 19.5 Å². The number of hydrogen-bond donors (Lipinski definition) is 3. The molecular weight excluding hydrogens is 478 g/mol. The highest BCUT2D eigenvalue weighted by Crippen LogP contribution is 2.25. The molecule has 0 radical (unpaired) electrons. The number of carbonyl (C=O) groups is 3. The van der Waals surface area contributed by atoms with Crippen LogP contribution in [-0.2, 0) is 11.8 Å². The van der Waals surface area contributed by atoms with Gasteiger partial charge in [-0.25, -0.2) is 4.79 Å². The largest absolute Gasteiger partial charge is 0.478 e. The van der Waals surface area contributed by atoms with E-state index in [0.717, 1.165) is 0 Å². The number of carbonyl (C=O) groups excluding carboxylic acids is 2. The van der Waals surface area contributed by atoms with Crippen LogP contribution in [0.3, 0.4) is 0 Å². The number of nitrogens with zero attached hydrogens (tertiary/aromatic N) is 3. The molecule has 0 aliphatic carbocycles. The Hall–Kier alpha value is -3.37. The van der Waals surface area contributed by atoms with Crippen LogP contribution in [0.5, 0.6) is 0 Å².